The van der Waals surface area contributed by atoms with E-state index in [2.05, 4.69) is 26.6 Å². The molecular weight excluding hydrogens is 618 g/mol. The van der Waals surface area contributed by atoms with Crippen molar-refractivity contribution < 1.29 is 38.6 Å². The molecule has 1 aliphatic rings. The first-order chi connectivity index (χ1) is 22.4. The fourth-order valence-corrected chi connectivity index (χ4v) is 5.05. The van der Waals surface area contributed by atoms with Crippen LogP contribution in [0.25, 0.3) is 0 Å². The molecule has 13 nitrogen and oxygen atoms in total. The molecule has 4 amide bonds. The van der Waals surface area contributed by atoms with E-state index in [9.17, 15) is 29.1 Å². The van der Waals surface area contributed by atoms with E-state index in [1.54, 1.807) is 34.6 Å². The highest BCUT2D eigenvalue weighted by molar-refractivity contribution is 5.93. The number of carbonyl (C=O) groups is 5. The number of aliphatic hydroxyl groups is 1. The predicted octanol–water partition coefficient (Wildman–Crippen LogP) is 2.04. The maximum atomic E-state index is 13.7. The van der Waals surface area contributed by atoms with Crippen molar-refractivity contribution in [2.24, 2.45) is 17.8 Å². The van der Waals surface area contributed by atoms with Gasteiger partial charge >= 0.3 is 5.97 Å². The lowest BCUT2D eigenvalue weighted by atomic mass is 9.96. The van der Waals surface area contributed by atoms with Gasteiger partial charge in [0.15, 0.2) is 0 Å². The number of hydrogen-bond acceptors (Lipinski definition) is 9. The van der Waals surface area contributed by atoms with Gasteiger partial charge in [0.25, 0.3) is 0 Å². The van der Waals surface area contributed by atoms with Crippen LogP contribution in [0.2, 0.25) is 0 Å². The molecule has 6 atom stereocenters. The van der Waals surface area contributed by atoms with Crippen molar-refractivity contribution in [3.05, 3.63) is 48.0 Å². The normalized spacial score (nSPS) is 18.1. The maximum absolute atomic E-state index is 13.7. The van der Waals surface area contributed by atoms with Gasteiger partial charge < -0.3 is 35.8 Å². The number of aliphatic hydroxyl groups excluding tert-OH is 1. The molecule has 0 spiro atoms. The molecule has 0 unspecified atom stereocenters. The van der Waals surface area contributed by atoms with Crippen LogP contribution in [0.4, 0.5) is 0 Å². The number of esters is 1. The molecule has 0 saturated carbocycles. The highest BCUT2D eigenvalue weighted by atomic mass is 16.6. The molecule has 1 aliphatic heterocycles. The Morgan fingerprint density at radius 3 is 2.21 bits per heavy atom. The summed E-state index contributed by atoms with van der Waals surface area (Å²) in [6, 6.07) is 5.67. The SMILES string of the molecule is CC(C)C[C@H](NC(=O)[C@@H](NC(=O)[C@H](C)N[C@H](O)OC(C)(C)C)C(C)C)C(=O)N[C@H](/C=C/C(=O)OCc1ccccc1)C[C@@H]1CCNC1=O. The lowest BCUT2D eigenvalue weighted by Gasteiger charge is -2.29. The molecule has 6 N–H and O–H groups in total. The molecule has 1 saturated heterocycles. The standard InChI is InChI=1S/C35H55N5O8/c1-21(2)18-27(39-33(45)29(22(3)4)40-30(42)23(5)37-34(46)48-35(6,7)8)32(44)38-26(19-25-16-17-36-31(25)43)14-15-28(41)47-20-24-12-10-9-11-13-24/h9-15,21-23,25-27,29,34,37,46H,16-20H2,1-8H3,(H,36,43)(H,38,44)(H,39,45)(H,40,42)/b15-14+/t23-,25-,26+,27-,29-,34+/m0/s1. The van der Waals surface area contributed by atoms with Gasteiger partial charge in [-0.2, -0.15) is 0 Å². The van der Waals surface area contributed by atoms with Crippen LogP contribution in [0.15, 0.2) is 42.5 Å². The summed E-state index contributed by atoms with van der Waals surface area (Å²) in [4.78, 5) is 65.1. The Balaban J connectivity index is 2.14. The summed E-state index contributed by atoms with van der Waals surface area (Å²) in [5.41, 5.74) is 0.173. The summed E-state index contributed by atoms with van der Waals surface area (Å²) in [5, 5.41) is 24.0. The van der Waals surface area contributed by atoms with Gasteiger partial charge in [-0.1, -0.05) is 64.1 Å². The number of nitrogens with one attached hydrogen (secondary N) is 5. The van der Waals surface area contributed by atoms with Crippen LogP contribution in [0.5, 0.6) is 0 Å². The Morgan fingerprint density at radius 2 is 1.65 bits per heavy atom. The van der Waals surface area contributed by atoms with E-state index >= 15 is 0 Å². The van der Waals surface area contributed by atoms with E-state index in [1.165, 1.54) is 19.1 Å². The summed E-state index contributed by atoms with van der Waals surface area (Å²) in [5.74, 6) is -2.98. The van der Waals surface area contributed by atoms with Gasteiger partial charge in [0.05, 0.1) is 11.6 Å². The summed E-state index contributed by atoms with van der Waals surface area (Å²) < 4.78 is 10.7. The van der Waals surface area contributed by atoms with Gasteiger partial charge in [0.2, 0.25) is 30.0 Å². The molecule has 0 aromatic heterocycles. The summed E-state index contributed by atoms with van der Waals surface area (Å²) in [7, 11) is 0. The minimum atomic E-state index is -1.40. The minimum absolute atomic E-state index is 0.0178. The first-order valence-electron chi connectivity index (χ1n) is 16.6. The van der Waals surface area contributed by atoms with E-state index in [1.807, 2.05) is 44.2 Å². The van der Waals surface area contributed by atoms with Crippen molar-refractivity contribution in [1.82, 2.24) is 26.6 Å². The topological polar surface area (TPSA) is 184 Å². The van der Waals surface area contributed by atoms with E-state index in [-0.39, 0.29) is 36.7 Å². The molecule has 268 valence electrons. The maximum Gasteiger partial charge on any atom is 0.330 e. The van der Waals surface area contributed by atoms with Crippen LogP contribution < -0.4 is 26.6 Å². The van der Waals surface area contributed by atoms with Gasteiger partial charge in [-0.15, -0.1) is 0 Å². The monoisotopic (exact) mass is 673 g/mol. The van der Waals surface area contributed by atoms with Crippen LogP contribution in [-0.2, 0) is 40.1 Å². The molecule has 1 aromatic rings. The Kier molecular flexibility index (Phi) is 16.2. The van der Waals surface area contributed by atoms with Crippen LogP contribution in [-0.4, -0.2) is 77.4 Å². The third-order valence-corrected chi connectivity index (χ3v) is 7.56. The average molecular weight is 674 g/mol. The lowest BCUT2D eigenvalue weighted by molar-refractivity contribution is -0.186. The summed E-state index contributed by atoms with van der Waals surface area (Å²) >= 11 is 0. The summed E-state index contributed by atoms with van der Waals surface area (Å²) in [6.45, 7) is 14.8. The van der Waals surface area contributed by atoms with Crippen molar-refractivity contribution in [2.75, 3.05) is 6.54 Å². The second-order valence-corrected chi connectivity index (χ2v) is 14.0. The van der Waals surface area contributed by atoms with Gasteiger partial charge in [0, 0.05) is 24.6 Å². The van der Waals surface area contributed by atoms with Crippen LogP contribution in [0.3, 0.4) is 0 Å². The second-order valence-electron chi connectivity index (χ2n) is 14.0. The van der Waals surface area contributed by atoms with Crippen molar-refractivity contribution >= 4 is 29.6 Å². The van der Waals surface area contributed by atoms with E-state index < -0.39 is 59.9 Å². The molecular formula is C35H55N5O8. The largest absolute Gasteiger partial charge is 0.458 e. The highest BCUT2D eigenvalue weighted by Gasteiger charge is 2.33. The van der Waals surface area contributed by atoms with Crippen LogP contribution >= 0.6 is 0 Å². The Labute approximate surface area is 284 Å². The van der Waals surface area contributed by atoms with Gasteiger partial charge in [0.1, 0.15) is 18.7 Å². The number of carbonyl (C=O) groups excluding carboxylic acids is 5. The van der Waals surface area contributed by atoms with Crippen LogP contribution in [0, 0.1) is 17.8 Å². The fraction of sp³-hybridized carbons (Fsp3) is 0.629. The van der Waals surface area contributed by atoms with E-state index in [0.717, 1.165) is 5.56 Å². The van der Waals surface area contributed by atoms with Crippen LogP contribution in [0.1, 0.15) is 80.2 Å². The zero-order valence-corrected chi connectivity index (χ0v) is 29.5. The number of amides is 4. The number of ether oxygens (including phenoxy) is 2. The zero-order valence-electron chi connectivity index (χ0n) is 29.5. The lowest BCUT2D eigenvalue weighted by Crippen LogP contribution is -2.59. The molecule has 1 aromatic carbocycles. The smallest absolute Gasteiger partial charge is 0.330 e. The Bertz CT molecular complexity index is 1250. The number of hydrogen-bond donors (Lipinski definition) is 6. The van der Waals surface area contributed by atoms with Gasteiger partial charge in [-0.25, -0.2) is 4.79 Å². The highest BCUT2D eigenvalue weighted by Crippen LogP contribution is 2.18. The summed E-state index contributed by atoms with van der Waals surface area (Å²) in [6.07, 6.45) is 2.48. The first kappa shape index (κ1) is 40.4. The van der Waals surface area contributed by atoms with E-state index in [0.29, 0.717) is 19.4 Å². The molecule has 0 aliphatic carbocycles. The molecule has 13 heteroatoms. The predicted molar refractivity (Wildman–Crippen MR) is 181 cm³/mol. The molecule has 1 fully saturated rings. The quantitative estimate of drug-likeness (QED) is 0.0771. The van der Waals surface area contributed by atoms with Crippen molar-refractivity contribution in [3.8, 4) is 0 Å². The number of rotatable bonds is 18. The fourth-order valence-electron chi connectivity index (χ4n) is 5.05. The molecule has 0 bridgehead atoms. The zero-order chi connectivity index (χ0) is 36.0. The minimum Gasteiger partial charge on any atom is -0.458 e. The Morgan fingerprint density at radius 1 is 0.979 bits per heavy atom. The Hall–Kier alpha value is -3.81. The third kappa shape index (κ3) is 15.0. The molecule has 2 rings (SSSR count). The second kappa shape index (κ2) is 19.3. The molecule has 1 heterocycles. The van der Waals surface area contributed by atoms with Crippen molar-refractivity contribution in [2.45, 2.75) is 117 Å². The first-order valence-corrected chi connectivity index (χ1v) is 16.6. The van der Waals surface area contributed by atoms with Crippen molar-refractivity contribution in [3.63, 3.8) is 0 Å². The average Bonchev–Trinajstić information content (AvgIpc) is 3.39. The van der Waals surface area contributed by atoms with Crippen molar-refractivity contribution in [1.29, 1.82) is 0 Å². The number of benzene rings is 1. The van der Waals surface area contributed by atoms with E-state index in [4.69, 9.17) is 9.47 Å². The third-order valence-electron chi connectivity index (χ3n) is 7.56. The molecule has 48 heavy (non-hydrogen) atoms. The van der Waals surface area contributed by atoms with Gasteiger partial charge in [-0.3, -0.25) is 24.5 Å². The van der Waals surface area contributed by atoms with Gasteiger partial charge in [-0.05, 0) is 64.4 Å². The molecule has 0 radical (unpaired) electrons.